The first kappa shape index (κ1) is 16.4. The van der Waals surface area contributed by atoms with Crippen molar-refractivity contribution in [3.05, 3.63) is 39.9 Å². The van der Waals surface area contributed by atoms with Gasteiger partial charge in [0, 0.05) is 24.6 Å². The molecular weight excluding hydrogens is 310 g/mol. The van der Waals surface area contributed by atoms with Gasteiger partial charge in [-0.15, -0.1) is 0 Å². The third-order valence-corrected chi connectivity index (χ3v) is 4.69. The van der Waals surface area contributed by atoms with E-state index in [1.54, 1.807) is 19.1 Å². The zero-order chi connectivity index (χ0) is 17.2. The molecule has 0 spiro atoms. The normalized spacial score (nSPS) is 24.1. The maximum Gasteiger partial charge on any atom is 0.269 e. The van der Waals surface area contributed by atoms with Gasteiger partial charge in [-0.3, -0.25) is 14.9 Å². The first-order valence-electron chi connectivity index (χ1n) is 8.29. The van der Waals surface area contributed by atoms with E-state index in [4.69, 9.17) is 4.84 Å². The van der Waals surface area contributed by atoms with E-state index in [2.05, 4.69) is 10.5 Å². The van der Waals surface area contributed by atoms with Crippen molar-refractivity contribution < 1.29 is 14.6 Å². The van der Waals surface area contributed by atoms with Crippen LogP contribution < -0.4 is 5.32 Å². The average molecular weight is 331 g/mol. The Kier molecular flexibility index (Phi) is 4.51. The van der Waals surface area contributed by atoms with Crippen molar-refractivity contribution in [3.8, 4) is 0 Å². The van der Waals surface area contributed by atoms with Gasteiger partial charge in [-0.2, -0.15) is 0 Å². The van der Waals surface area contributed by atoms with Crippen LogP contribution in [-0.4, -0.2) is 28.2 Å². The van der Waals surface area contributed by atoms with Gasteiger partial charge in [0.05, 0.1) is 10.6 Å². The molecule has 1 unspecified atom stereocenters. The Morgan fingerprint density at radius 3 is 2.58 bits per heavy atom. The summed E-state index contributed by atoms with van der Waals surface area (Å²) in [6, 6.07) is 6.33. The highest BCUT2D eigenvalue weighted by atomic mass is 16.7. The number of nitro benzene ring substituents is 1. The van der Waals surface area contributed by atoms with E-state index < -0.39 is 10.5 Å². The molecule has 0 radical (unpaired) electrons. The van der Waals surface area contributed by atoms with Crippen LogP contribution in [-0.2, 0) is 9.63 Å². The zero-order valence-corrected chi connectivity index (χ0v) is 13.7. The highest BCUT2D eigenvalue weighted by Gasteiger charge is 2.43. The molecule has 7 nitrogen and oxygen atoms in total. The van der Waals surface area contributed by atoms with Crippen molar-refractivity contribution in [2.75, 3.05) is 0 Å². The van der Waals surface area contributed by atoms with Crippen LogP contribution in [0.15, 0.2) is 29.4 Å². The summed E-state index contributed by atoms with van der Waals surface area (Å²) in [6.45, 7) is 1.73. The van der Waals surface area contributed by atoms with E-state index in [1.165, 1.54) is 18.6 Å². The van der Waals surface area contributed by atoms with E-state index in [1.807, 2.05) is 0 Å². The Morgan fingerprint density at radius 1 is 1.29 bits per heavy atom. The fraction of sp³-hybridized carbons (Fsp3) is 0.529. The van der Waals surface area contributed by atoms with E-state index in [0.717, 1.165) is 31.2 Å². The Balaban J connectivity index is 1.63. The number of rotatable bonds is 4. The van der Waals surface area contributed by atoms with Crippen molar-refractivity contribution in [1.29, 1.82) is 0 Å². The van der Waals surface area contributed by atoms with Crippen molar-refractivity contribution in [2.24, 2.45) is 5.16 Å². The number of amides is 1. The van der Waals surface area contributed by atoms with Gasteiger partial charge in [-0.1, -0.05) is 24.4 Å². The van der Waals surface area contributed by atoms with Crippen molar-refractivity contribution in [1.82, 2.24) is 5.32 Å². The Morgan fingerprint density at radius 2 is 1.96 bits per heavy atom. The molecule has 1 amide bonds. The number of non-ortho nitro benzene ring substituents is 1. The minimum Gasteiger partial charge on any atom is -0.379 e. The van der Waals surface area contributed by atoms with Crippen LogP contribution in [0.2, 0.25) is 0 Å². The van der Waals surface area contributed by atoms with Gasteiger partial charge in [-0.05, 0) is 37.5 Å². The molecule has 7 heteroatoms. The fourth-order valence-corrected chi connectivity index (χ4v) is 3.18. The molecule has 1 atom stereocenters. The third-order valence-electron chi connectivity index (χ3n) is 4.69. The van der Waals surface area contributed by atoms with Crippen LogP contribution in [0.4, 0.5) is 5.69 Å². The summed E-state index contributed by atoms with van der Waals surface area (Å²) in [5.41, 5.74) is 0.367. The predicted molar refractivity (Wildman–Crippen MR) is 88.8 cm³/mol. The van der Waals surface area contributed by atoms with Crippen molar-refractivity contribution in [2.45, 2.75) is 57.1 Å². The molecule has 1 aromatic rings. The summed E-state index contributed by atoms with van der Waals surface area (Å²) in [5, 5.41) is 17.8. The fourth-order valence-electron chi connectivity index (χ4n) is 3.18. The van der Waals surface area contributed by atoms with Gasteiger partial charge < -0.3 is 10.2 Å². The lowest BCUT2D eigenvalue weighted by molar-refractivity contribution is -0.384. The minimum atomic E-state index is -1.02. The SMILES string of the molecule is CC1(C(=O)NC2CCCCC2)CC(c2ccc([N+](=O)[O-])cc2)=NO1. The molecular formula is C17H21N3O4. The Hall–Kier alpha value is -2.44. The van der Waals surface area contributed by atoms with Crippen LogP contribution in [0.1, 0.15) is 51.0 Å². The van der Waals surface area contributed by atoms with Crippen molar-refractivity contribution in [3.63, 3.8) is 0 Å². The lowest BCUT2D eigenvalue weighted by Gasteiger charge is -2.27. The number of nitro groups is 1. The number of carbonyl (C=O) groups is 1. The molecule has 1 N–H and O–H groups in total. The second kappa shape index (κ2) is 6.59. The lowest BCUT2D eigenvalue weighted by Crippen LogP contribution is -2.49. The van der Waals surface area contributed by atoms with E-state index in [-0.39, 0.29) is 17.6 Å². The van der Waals surface area contributed by atoms with Gasteiger partial charge in [0.25, 0.3) is 11.6 Å². The standard InChI is InChI=1S/C17H21N3O4/c1-17(16(21)18-13-5-3-2-4-6-13)11-15(19-24-17)12-7-9-14(10-8-12)20(22)23/h7-10,13H,2-6,11H2,1H3,(H,18,21). The molecule has 1 heterocycles. The molecule has 1 aromatic carbocycles. The predicted octanol–water partition coefficient (Wildman–Crippen LogP) is 2.93. The van der Waals surface area contributed by atoms with Gasteiger partial charge in [0.1, 0.15) is 0 Å². The molecule has 0 bridgehead atoms. The maximum atomic E-state index is 12.6. The second-order valence-electron chi connectivity index (χ2n) is 6.65. The first-order valence-corrected chi connectivity index (χ1v) is 8.29. The first-order chi connectivity index (χ1) is 11.5. The van der Waals surface area contributed by atoms with Crippen LogP contribution in [0.3, 0.4) is 0 Å². The van der Waals surface area contributed by atoms with E-state index >= 15 is 0 Å². The van der Waals surface area contributed by atoms with E-state index in [9.17, 15) is 14.9 Å². The Labute approximate surface area is 140 Å². The topological polar surface area (TPSA) is 93.8 Å². The van der Waals surface area contributed by atoms with Gasteiger partial charge in [0.2, 0.25) is 5.60 Å². The van der Waals surface area contributed by atoms with Crippen molar-refractivity contribution >= 4 is 17.3 Å². The number of nitrogens with zero attached hydrogens (tertiary/aromatic N) is 2. The van der Waals surface area contributed by atoms with Gasteiger partial charge in [0.15, 0.2) is 0 Å². The number of benzene rings is 1. The monoisotopic (exact) mass is 331 g/mol. The molecule has 24 heavy (non-hydrogen) atoms. The number of carbonyl (C=O) groups excluding carboxylic acids is 1. The van der Waals surface area contributed by atoms with Gasteiger partial charge in [-0.25, -0.2) is 0 Å². The summed E-state index contributed by atoms with van der Waals surface area (Å²) in [5.74, 6) is -0.143. The molecule has 1 fully saturated rings. The minimum absolute atomic E-state index is 0.0241. The molecule has 128 valence electrons. The molecule has 1 aliphatic heterocycles. The quantitative estimate of drug-likeness (QED) is 0.678. The molecule has 1 saturated carbocycles. The van der Waals surface area contributed by atoms with Crippen LogP contribution in [0, 0.1) is 10.1 Å². The number of hydrogen-bond donors (Lipinski definition) is 1. The van der Waals surface area contributed by atoms with Gasteiger partial charge >= 0.3 is 0 Å². The molecule has 0 aromatic heterocycles. The highest BCUT2D eigenvalue weighted by molar-refractivity contribution is 6.05. The summed E-state index contributed by atoms with van der Waals surface area (Å²) in [7, 11) is 0. The Bertz CT molecular complexity index is 665. The average Bonchev–Trinajstić information content (AvgIpc) is 3.00. The largest absolute Gasteiger partial charge is 0.379 e. The molecule has 0 saturated heterocycles. The highest BCUT2D eigenvalue weighted by Crippen LogP contribution is 2.28. The number of nitrogens with one attached hydrogen (secondary N) is 1. The van der Waals surface area contributed by atoms with E-state index in [0.29, 0.717) is 12.1 Å². The second-order valence-corrected chi connectivity index (χ2v) is 6.65. The third kappa shape index (κ3) is 3.39. The molecule has 1 aliphatic carbocycles. The van der Waals surface area contributed by atoms with Crippen LogP contribution >= 0.6 is 0 Å². The molecule has 2 aliphatic rings. The summed E-state index contributed by atoms with van der Waals surface area (Å²) in [4.78, 5) is 28.3. The lowest BCUT2D eigenvalue weighted by atomic mass is 9.92. The van der Waals surface area contributed by atoms with Crippen LogP contribution in [0.25, 0.3) is 0 Å². The molecule has 3 rings (SSSR count). The summed E-state index contributed by atoms with van der Waals surface area (Å²) < 4.78 is 0. The number of oxime groups is 1. The van der Waals surface area contributed by atoms with Crippen LogP contribution in [0.5, 0.6) is 0 Å². The number of hydrogen-bond acceptors (Lipinski definition) is 5. The maximum absolute atomic E-state index is 12.6. The summed E-state index contributed by atoms with van der Waals surface area (Å²) in [6.07, 6.45) is 5.90. The zero-order valence-electron chi connectivity index (χ0n) is 13.7. The smallest absolute Gasteiger partial charge is 0.269 e. The summed E-state index contributed by atoms with van der Waals surface area (Å²) >= 11 is 0.